The molecule has 1 aromatic carbocycles. The Bertz CT molecular complexity index is 936. The largest absolute Gasteiger partial charge is 0.506 e. The summed E-state index contributed by atoms with van der Waals surface area (Å²) in [7, 11) is 0. The number of aromatic amines is 1. The van der Waals surface area contributed by atoms with E-state index in [9.17, 15) is 9.90 Å². The van der Waals surface area contributed by atoms with Gasteiger partial charge in [0.15, 0.2) is 0 Å². The Balaban J connectivity index is 2.24. The molecule has 0 aliphatic rings. The zero-order chi connectivity index (χ0) is 18.2. The number of phenolic OH excluding ortho intramolecular Hbond substituents is 1. The molecule has 2 aromatic heterocycles. The van der Waals surface area contributed by atoms with Crippen molar-refractivity contribution in [1.29, 1.82) is 0 Å². The van der Waals surface area contributed by atoms with Gasteiger partial charge in [0.1, 0.15) is 17.0 Å². The SMILES string of the molecule is CC(C)(C(N)=O)c1nc(-c2ccc(Cl)c(O)c2)c(-c2ccncc2)[nH]1. The molecule has 0 aliphatic heterocycles. The number of halogens is 1. The van der Waals surface area contributed by atoms with Gasteiger partial charge in [-0.15, -0.1) is 0 Å². The first-order valence-corrected chi connectivity index (χ1v) is 7.98. The number of primary amides is 1. The smallest absolute Gasteiger partial charge is 0.230 e. The first-order chi connectivity index (χ1) is 11.8. The number of carbonyl (C=O) groups excluding carboxylic acids is 1. The van der Waals surface area contributed by atoms with E-state index in [2.05, 4.69) is 15.0 Å². The van der Waals surface area contributed by atoms with E-state index in [1.54, 1.807) is 38.4 Å². The number of nitrogens with two attached hydrogens (primary N) is 1. The Morgan fingerprint density at radius 2 is 1.88 bits per heavy atom. The number of nitrogens with one attached hydrogen (secondary N) is 1. The topological polar surface area (TPSA) is 105 Å². The standard InChI is InChI=1S/C18H17ClN4O2/c1-18(2,16(20)25)17-22-14(10-5-7-21-8-6-10)15(23-17)11-3-4-12(19)13(24)9-11/h3-9,24H,1-2H3,(H2,20,25)(H,22,23). The third-order valence-corrected chi connectivity index (χ3v) is 4.42. The lowest BCUT2D eigenvalue weighted by atomic mass is 9.92. The van der Waals surface area contributed by atoms with Gasteiger partial charge in [0.2, 0.25) is 5.91 Å². The van der Waals surface area contributed by atoms with Crippen molar-refractivity contribution in [3.63, 3.8) is 0 Å². The molecular weight excluding hydrogens is 340 g/mol. The summed E-state index contributed by atoms with van der Waals surface area (Å²) in [5, 5.41) is 10.2. The van der Waals surface area contributed by atoms with Gasteiger partial charge < -0.3 is 15.8 Å². The molecule has 6 nitrogen and oxygen atoms in total. The molecule has 25 heavy (non-hydrogen) atoms. The Hall–Kier alpha value is -2.86. The molecule has 3 aromatic rings. The highest BCUT2D eigenvalue weighted by Crippen LogP contribution is 2.36. The molecule has 1 amide bonds. The van der Waals surface area contributed by atoms with E-state index in [0.29, 0.717) is 22.8 Å². The first kappa shape index (κ1) is 17.0. The zero-order valence-electron chi connectivity index (χ0n) is 13.7. The minimum absolute atomic E-state index is 0.0430. The maximum Gasteiger partial charge on any atom is 0.230 e. The minimum Gasteiger partial charge on any atom is -0.506 e. The highest BCUT2D eigenvalue weighted by molar-refractivity contribution is 6.32. The van der Waals surface area contributed by atoms with Gasteiger partial charge in [-0.1, -0.05) is 17.7 Å². The molecule has 4 N–H and O–H groups in total. The van der Waals surface area contributed by atoms with Crippen LogP contribution in [0.2, 0.25) is 5.02 Å². The van der Waals surface area contributed by atoms with Gasteiger partial charge in [0.05, 0.1) is 16.4 Å². The molecule has 2 heterocycles. The number of aromatic hydroxyl groups is 1. The summed E-state index contributed by atoms with van der Waals surface area (Å²) >= 11 is 5.90. The van der Waals surface area contributed by atoms with Crippen molar-refractivity contribution in [2.45, 2.75) is 19.3 Å². The molecule has 0 atom stereocenters. The molecule has 0 unspecified atom stereocenters. The van der Waals surface area contributed by atoms with Crippen molar-refractivity contribution in [1.82, 2.24) is 15.0 Å². The van der Waals surface area contributed by atoms with Crippen LogP contribution >= 0.6 is 11.6 Å². The lowest BCUT2D eigenvalue weighted by Gasteiger charge is -2.16. The van der Waals surface area contributed by atoms with Crippen LogP contribution in [0, 0.1) is 0 Å². The van der Waals surface area contributed by atoms with Crippen LogP contribution in [0.5, 0.6) is 5.75 Å². The molecule has 128 valence electrons. The van der Waals surface area contributed by atoms with Crippen LogP contribution in [-0.2, 0) is 10.2 Å². The first-order valence-electron chi connectivity index (χ1n) is 7.60. The molecule has 0 radical (unpaired) electrons. The summed E-state index contributed by atoms with van der Waals surface area (Å²) < 4.78 is 0. The van der Waals surface area contributed by atoms with Crippen LogP contribution in [0.4, 0.5) is 0 Å². The zero-order valence-corrected chi connectivity index (χ0v) is 14.5. The summed E-state index contributed by atoms with van der Waals surface area (Å²) in [5.41, 5.74) is 7.34. The van der Waals surface area contributed by atoms with Crippen molar-refractivity contribution in [2.24, 2.45) is 5.73 Å². The van der Waals surface area contributed by atoms with Gasteiger partial charge in [-0.25, -0.2) is 4.98 Å². The third kappa shape index (κ3) is 3.08. The summed E-state index contributed by atoms with van der Waals surface area (Å²) in [4.78, 5) is 23.6. The number of imidazole rings is 1. The fourth-order valence-corrected chi connectivity index (χ4v) is 2.50. The van der Waals surface area contributed by atoms with E-state index in [-0.39, 0.29) is 10.8 Å². The molecule has 0 spiro atoms. The highest BCUT2D eigenvalue weighted by atomic mass is 35.5. The van der Waals surface area contributed by atoms with Gasteiger partial charge in [-0.2, -0.15) is 0 Å². The number of phenols is 1. The molecular formula is C18H17ClN4O2. The van der Waals surface area contributed by atoms with Crippen LogP contribution in [0.1, 0.15) is 19.7 Å². The van der Waals surface area contributed by atoms with Gasteiger partial charge in [0, 0.05) is 23.5 Å². The van der Waals surface area contributed by atoms with Crippen LogP contribution < -0.4 is 5.73 Å². The number of nitrogens with zero attached hydrogens (tertiary/aromatic N) is 2. The van der Waals surface area contributed by atoms with E-state index in [0.717, 1.165) is 5.56 Å². The molecule has 7 heteroatoms. The van der Waals surface area contributed by atoms with Gasteiger partial charge in [-0.05, 0) is 38.1 Å². The number of rotatable bonds is 4. The Labute approximate surface area is 149 Å². The number of amides is 1. The quantitative estimate of drug-likeness (QED) is 0.667. The molecule has 0 saturated heterocycles. The van der Waals surface area contributed by atoms with E-state index >= 15 is 0 Å². The van der Waals surface area contributed by atoms with Crippen molar-refractivity contribution in [2.75, 3.05) is 0 Å². The second-order valence-electron chi connectivity index (χ2n) is 6.20. The second-order valence-corrected chi connectivity index (χ2v) is 6.61. The third-order valence-electron chi connectivity index (χ3n) is 4.10. The number of benzene rings is 1. The van der Waals surface area contributed by atoms with Crippen LogP contribution in [0.25, 0.3) is 22.5 Å². The second kappa shape index (κ2) is 6.22. The van der Waals surface area contributed by atoms with Crippen LogP contribution in [-0.4, -0.2) is 26.0 Å². The molecule has 0 aliphatic carbocycles. The van der Waals surface area contributed by atoms with Gasteiger partial charge in [0.25, 0.3) is 0 Å². The average molecular weight is 357 g/mol. The predicted octanol–water partition coefficient (Wildman–Crippen LogP) is 3.26. The number of H-pyrrole nitrogens is 1. The maximum atomic E-state index is 11.8. The predicted molar refractivity (Wildman–Crippen MR) is 96.1 cm³/mol. The van der Waals surface area contributed by atoms with Crippen LogP contribution in [0.3, 0.4) is 0 Å². The van der Waals surface area contributed by atoms with Crippen molar-refractivity contribution in [3.05, 3.63) is 53.6 Å². The molecule has 0 fully saturated rings. The van der Waals surface area contributed by atoms with Crippen molar-refractivity contribution >= 4 is 17.5 Å². The number of hydrogen-bond acceptors (Lipinski definition) is 4. The van der Waals surface area contributed by atoms with Gasteiger partial charge >= 0.3 is 0 Å². The lowest BCUT2D eigenvalue weighted by Crippen LogP contribution is -2.36. The Morgan fingerprint density at radius 1 is 1.20 bits per heavy atom. The molecule has 3 rings (SSSR count). The number of aromatic nitrogens is 3. The summed E-state index contributed by atoms with van der Waals surface area (Å²) in [6, 6.07) is 8.53. The van der Waals surface area contributed by atoms with E-state index < -0.39 is 11.3 Å². The molecule has 0 bridgehead atoms. The fourth-order valence-electron chi connectivity index (χ4n) is 2.38. The van der Waals surface area contributed by atoms with Crippen molar-refractivity contribution in [3.8, 4) is 28.3 Å². The Kier molecular flexibility index (Phi) is 4.22. The van der Waals surface area contributed by atoms with Crippen LogP contribution in [0.15, 0.2) is 42.7 Å². The summed E-state index contributed by atoms with van der Waals surface area (Å²) in [6.07, 6.45) is 3.33. The number of carbonyl (C=O) groups is 1. The Morgan fingerprint density at radius 3 is 2.48 bits per heavy atom. The van der Waals surface area contributed by atoms with E-state index in [1.165, 1.54) is 6.07 Å². The van der Waals surface area contributed by atoms with E-state index in [1.807, 2.05) is 12.1 Å². The fraction of sp³-hybridized carbons (Fsp3) is 0.167. The highest BCUT2D eigenvalue weighted by Gasteiger charge is 2.32. The number of pyridine rings is 1. The maximum absolute atomic E-state index is 11.8. The normalized spacial score (nSPS) is 11.5. The summed E-state index contributed by atoms with van der Waals surface area (Å²) in [6.45, 7) is 3.40. The molecule has 0 saturated carbocycles. The summed E-state index contributed by atoms with van der Waals surface area (Å²) in [5.74, 6) is -0.0946. The lowest BCUT2D eigenvalue weighted by molar-refractivity contribution is -0.122. The average Bonchev–Trinajstić information content (AvgIpc) is 3.04. The minimum atomic E-state index is -0.978. The van der Waals surface area contributed by atoms with E-state index in [4.69, 9.17) is 17.3 Å². The monoisotopic (exact) mass is 356 g/mol. The number of hydrogen-bond donors (Lipinski definition) is 3. The van der Waals surface area contributed by atoms with Gasteiger partial charge in [-0.3, -0.25) is 9.78 Å². The van der Waals surface area contributed by atoms with Crippen molar-refractivity contribution < 1.29 is 9.90 Å².